The number of hydrogen-bond acceptors (Lipinski definition) is 1. The Morgan fingerprint density at radius 2 is 1.68 bits per heavy atom. The first kappa shape index (κ1) is 18.2. The molecule has 0 aromatic rings. The van der Waals surface area contributed by atoms with E-state index < -0.39 is 5.92 Å². The molecular weight excluding hydrogens is 316 g/mol. The zero-order chi connectivity index (χ0) is 17.9. The summed E-state index contributed by atoms with van der Waals surface area (Å²) in [6.45, 7) is 5.47. The number of fused-ring (bicyclic) bond motifs is 5. The normalized spacial score (nSPS) is 51.5. The summed E-state index contributed by atoms with van der Waals surface area (Å²) >= 11 is 0. The summed E-state index contributed by atoms with van der Waals surface area (Å²) in [4.78, 5) is 0. The van der Waals surface area contributed by atoms with Gasteiger partial charge in [0.25, 0.3) is 5.92 Å². The second kappa shape index (κ2) is 6.17. The molecular formula is C22H37F2N. The van der Waals surface area contributed by atoms with Crippen LogP contribution in [0.15, 0.2) is 0 Å². The van der Waals surface area contributed by atoms with Crippen molar-refractivity contribution in [3.8, 4) is 0 Å². The second-order valence-corrected chi connectivity index (χ2v) is 10.4. The van der Waals surface area contributed by atoms with Crippen molar-refractivity contribution in [2.75, 3.05) is 6.54 Å². The average Bonchev–Trinajstić information content (AvgIpc) is 2.89. The molecule has 0 amide bonds. The summed E-state index contributed by atoms with van der Waals surface area (Å²) in [6.07, 6.45) is 11.4. The molecule has 4 aliphatic carbocycles. The molecule has 1 nitrogen and oxygen atoms in total. The molecule has 4 saturated carbocycles. The Labute approximate surface area is 152 Å². The Bertz CT molecular complexity index is 506. The molecule has 4 fully saturated rings. The van der Waals surface area contributed by atoms with E-state index in [4.69, 9.17) is 5.73 Å². The largest absolute Gasteiger partial charge is 0.330 e. The van der Waals surface area contributed by atoms with E-state index in [2.05, 4.69) is 13.8 Å². The smallest absolute Gasteiger partial charge is 0.251 e. The highest BCUT2D eigenvalue weighted by Gasteiger charge is 2.67. The lowest BCUT2D eigenvalue weighted by Gasteiger charge is -2.62. The van der Waals surface area contributed by atoms with Crippen molar-refractivity contribution in [2.45, 2.75) is 90.4 Å². The van der Waals surface area contributed by atoms with Crippen LogP contribution in [0.5, 0.6) is 0 Å². The van der Waals surface area contributed by atoms with Gasteiger partial charge < -0.3 is 5.73 Å². The number of halogens is 2. The summed E-state index contributed by atoms with van der Waals surface area (Å²) < 4.78 is 30.9. The first-order chi connectivity index (χ1) is 11.8. The molecule has 0 aromatic heterocycles. The predicted octanol–water partition coefficient (Wildman–Crippen LogP) is 6.02. The van der Waals surface area contributed by atoms with Crippen molar-refractivity contribution in [2.24, 2.45) is 46.2 Å². The summed E-state index contributed by atoms with van der Waals surface area (Å²) in [5.74, 6) is -1.42. The van der Waals surface area contributed by atoms with Gasteiger partial charge in [-0.3, -0.25) is 0 Å². The summed E-state index contributed by atoms with van der Waals surface area (Å²) in [5.41, 5.74) is 6.06. The minimum atomic E-state index is -2.44. The van der Waals surface area contributed by atoms with Gasteiger partial charge in [-0.05, 0) is 92.4 Å². The van der Waals surface area contributed by atoms with Crippen LogP contribution in [0.2, 0.25) is 0 Å². The van der Waals surface area contributed by atoms with Crippen LogP contribution in [0.1, 0.15) is 84.5 Å². The highest BCUT2D eigenvalue weighted by atomic mass is 19.3. The molecule has 25 heavy (non-hydrogen) atoms. The Morgan fingerprint density at radius 3 is 2.44 bits per heavy atom. The summed E-state index contributed by atoms with van der Waals surface area (Å²) in [7, 11) is 0. The molecule has 7 atom stereocenters. The van der Waals surface area contributed by atoms with Gasteiger partial charge in [-0.2, -0.15) is 0 Å². The maximum atomic E-state index is 15.4. The molecule has 2 N–H and O–H groups in total. The molecule has 0 aliphatic heterocycles. The average molecular weight is 354 g/mol. The van der Waals surface area contributed by atoms with Crippen molar-refractivity contribution in [1.29, 1.82) is 0 Å². The molecule has 0 bridgehead atoms. The van der Waals surface area contributed by atoms with Crippen molar-refractivity contribution in [1.82, 2.24) is 0 Å². The topological polar surface area (TPSA) is 26.0 Å². The molecule has 0 aromatic carbocycles. The van der Waals surface area contributed by atoms with Crippen LogP contribution in [0.4, 0.5) is 8.78 Å². The standard InChI is InChI=1S/C22H37F2N/c1-20-11-4-3-6-16(20)14-22(23,24)19-17-9-8-15(7-5-13-25)21(17,2)12-10-18(19)20/h15-19H,3-14,25H2,1-2H3. The maximum Gasteiger partial charge on any atom is 0.251 e. The molecule has 7 unspecified atom stereocenters. The van der Waals surface area contributed by atoms with E-state index in [1.54, 1.807) is 0 Å². The van der Waals surface area contributed by atoms with Crippen LogP contribution >= 0.6 is 0 Å². The highest BCUT2D eigenvalue weighted by Crippen LogP contribution is 2.70. The van der Waals surface area contributed by atoms with Gasteiger partial charge in [-0.15, -0.1) is 0 Å². The van der Waals surface area contributed by atoms with Crippen LogP contribution in [-0.2, 0) is 0 Å². The molecule has 4 aliphatic rings. The third kappa shape index (κ3) is 2.62. The fourth-order valence-electron chi connectivity index (χ4n) is 8.13. The minimum Gasteiger partial charge on any atom is -0.330 e. The van der Waals surface area contributed by atoms with Gasteiger partial charge in [0, 0.05) is 12.3 Å². The first-order valence-corrected chi connectivity index (χ1v) is 10.9. The zero-order valence-electron chi connectivity index (χ0n) is 16.2. The van der Waals surface area contributed by atoms with Crippen molar-refractivity contribution < 1.29 is 8.78 Å². The zero-order valence-corrected chi connectivity index (χ0v) is 16.2. The Morgan fingerprint density at radius 1 is 0.920 bits per heavy atom. The second-order valence-electron chi connectivity index (χ2n) is 10.4. The van der Waals surface area contributed by atoms with Crippen molar-refractivity contribution in [3.63, 3.8) is 0 Å². The Balaban J connectivity index is 1.65. The lowest BCUT2D eigenvalue weighted by atomic mass is 9.44. The first-order valence-electron chi connectivity index (χ1n) is 10.9. The fourth-order valence-corrected chi connectivity index (χ4v) is 8.13. The van der Waals surface area contributed by atoms with Gasteiger partial charge >= 0.3 is 0 Å². The molecule has 0 radical (unpaired) electrons. The summed E-state index contributed by atoms with van der Waals surface area (Å²) in [6, 6.07) is 0. The van der Waals surface area contributed by atoms with E-state index >= 15 is 8.78 Å². The molecule has 0 saturated heterocycles. The van der Waals surface area contributed by atoms with Gasteiger partial charge in [-0.25, -0.2) is 8.78 Å². The maximum absolute atomic E-state index is 15.4. The Hall–Kier alpha value is -0.180. The third-order valence-corrected chi connectivity index (χ3v) is 9.53. The number of alkyl halides is 2. The SMILES string of the molecule is CC12CCC3C(C1CCC2CCCN)C(F)(F)CC1CCCCC13C. The monoisotopic (exact) mass is 353 g/mol. The number of rotatable bonds is 3. The molecule has 0 spiro atoms. The molecule has 0 heterocycles. The van der Waals surface area contributed by atoms with E-state index in [1.165, 1.54) is 19.3 Å². The number of nitrogens with two attached hydrogens (primary N) is 1. The van der Waals surface area contributed by atoms with Gasteiger partial charge in [0.1, 0.15) is 0 Å². The van der Waals surface area contributed by atoms with Gasteiger partial charge in [-0.1, -0.05) is 26.7 Å². The van der Waals surface area contributed by atoms with Crippen molar-refractivity contribution >= 4 is 0 Å². The Kier molecular flexibility index (Phi) is 4.49. The van der Waals surface area contributed by atoms with Crippen LogP contribution in [0.25, 0.3) is 0 Å². The van der Waals surface area contributed by atoms with E-state index in [0.29, 0.717) is 5.92 Å². The van der Waals surface area contributed by atoms with Crippen LogP contribution in [0.3, 0.4) is 0 Å². The highest BCUT2D eigenvalue weighted by molar-refractivity contribution is 5.12. The predicted molar refractivity (Wildman–Crippen MR) is 98.5 cm³/mol. The molecule has 3 heteroatoms. The van der Waals surface area contributed by atoms with Gasteiger partial charge in [0.2, 0.25) is 0 Å². The quantitative estimate of drug-likeness (QED) is 0.659. The molecule has 144 valence electrons. The van der Waals surface area contributed by atoms with Gasteiger partial charge in [0.05, 0.1) is 0 Å². The van der Waals surface area contributed by atoms with Crippen LogP contribution in [-0.4, -0.2) is 12.5 Å². The van der Waals surface area contributed by atoms with E-state index in [1.807, 2.05) is 0 Å². The van der Waals surface area contributed by atoms with Crippen LogP contribution in [0, 0.1) is 40.4 Å². The third-order valence-electron chi connectivity index (χ3n) is 9.53. The van der Waals surface area contributed by atoms with E-state index in [-0.39, 0.29) is 40.9 Å². The van der Waals surface area contributed by atoms with Crippen molar-refractivity contribution in [3.05, 3.63) is 0 Å². The minimum absolute atomic E-state index is 0.137. The van der Waals surface area contributed by atoms with Gasteiger partial charge in [0.15, 0.2) is 0 Å². The lowest BCUT2D eigenvalue weighted by molar-refractivity contribution is -0.231. The molecule has 4 rings (SSSR count). The fraction of sp³-hybridized carbons (Fsp3) is 1.00. The van der Waals surface area contributed by atoms with E-state index in [9.17, 15) is 0 Å². The number of hydrogen-bond donors (Lipinski definition) is 1. The lowest BCUT2D eigenvalue weighted by Crippen LogP contribution is -2.60. The van der Waals surface area contributed by atoms with E-state index in [0.717, 1.165) is 51.5 Å². The van der Waals surface area contributed by atoms with Crippen LogP contribution < -0.4 is 5.73 Å². The summed E-state index contributed by atoms with van der Waals surface area (Å²) in [5, 5.41) is 0.